The summed E-state index contributed by atoms with van der Waals surface area (Å²) in [5.41, 5.74) is 6.81. The first kappa shape index (κ1) is 33.5. The first-order valence-corrected chi connectivity index (χ1v) is 18.0. The van der Waals surface area contributed by atoms with Gasteiger partial charge in [0.05, 0.1) is 30.2 Å². The quantitative estimate of drug-likeness (QED) is 0.305. The molecule has 1 spiro atoms. The molecule has 10 nitrogen and oxygen atoms in total. The number of nitrogens with two attached hydrogens (primary N) is 1. The molecule has 1 aliphatic carbocycles. The molecular formula is C33H58F2N8O2. The maximum absolute atomic E-state index is 15.7. The summed E-state index contributed by atoms with van der Waals surface area (Å²) in [7, 11) is 0. The van der Waals surface area contributed by atoms with E-state index < -0.39 is 36.5 Å². The van der Waals surface area contributed by atoms with Crippen LogP contribution in [0, 0.1) is 11.3 Å². The lowest BCUT2D eigenvalue weighted by Crippen LogP contribution is -2.69. The van der Waals surface area contributed by atoms with Gasteiger partial charge in [-0.3, -0.25) is 24.7 Å². The van der Waals surface area contributed by atoms with E-state index in [1.54, 1.807) is 0 Å². The van der Waals surface area contributed by atoms with Crippen molar-refractivity contribution in [3.63, 3.8) is 0 Å². The van der Waals surface area contributed by atoms with Gasteiger partial charge >= 0.3 is 0 Å². The Morgan fingerprint density at radius 3 is 2.42 bits per heavy atom. The first-order chi connectivity index (χ1) is 21.7. The molecule has 256 valence electrons. The van der Waals surface area contributed by atoms with Crippen LogP contribution in [0.3, 0.4) is 0 Å². The van der Waals surface area contributed by atoms with Crippen LogP contribution in [0.5, 0.6) is 0 Å². The Morgan fingerprint density at radius 2 is 1.69 bits per heavy atom. The summed E-state index contributed by atoms with van der Waals surface area (Å²) in [6, 6.07) is -0.817. The highest BCUT2D eigenvalue weighted by Crippen LogP contribution is 2.47. The predicted molar refractivity (Wildman–Crippen MR) is 171 cm³/mol. The summed E-state index contributed by atoms with van der Waals surface area (Å²) >= 11 is 0. The van der Waals surface area contributed by atoms with Crippen molar-refractivity contribution in [1.82, 2.24) is 36.0 Å². The normalized spacial score (nSPS) is 40.1. The van der Waals surface area contributed by atoms with Crippen molar-refractivity contribution in [3.05, 3.63) is 0 Å². The van der Waals surface area contributed by atoms with Gasteiger partial charge in [-0.25, -0.2) is 8.78 Å². The molecule has 6 fully saturated rings. The predicted octanol–water partition coefficient (Wildman–Crippen LogP) is 1.10. The third kappa shape index (κ3) is 7.06. The fourth-order valence-corrected chi connectivity index (χ4v) is 9.83. The molecule has 12 heteroatoms. The molecule has 5 aliphatic heterocycles. The minimum absolute atomic E-state index is 0.00734. The fourth-order valence-electron chi connectivity index (χ4n) is 9.83. The van der Waals surface area contributed by atoms with Crippen molar-refractivity contribution in [1.29, 1.82) is 0 Å². The summed E-state index contributed by atoms with van der Waals surface area (Å²) in [5.74, 6) is -0.590. The number of piperidine rings is 1. The summed E-state index contributed by atoms with van der Waals surface area (Å²) in [6.07, 6.45) is 6.93. The summed E-state index contributed by atoms with van der Waals surface area (Å²) in [6.45, 7) is 8.46. The second-order valence-corrected chi connectivity index (χ2v) is 15.2. The average molecular weight is 637 g/mol. The summed E-state index contributed by atoms with van der Waals surface area (Å²) in [5, 5.41) is 13.5. The first-order valence-electron chi connectivity index (χ1n) is 18.0. The number of hydrogen-bond donors (Lipinski definition) is 5. The topological polar surface area (TPSA) is 118 Å². The SMILES string of the molecule is CC(C)N1CCCC1C(=O)N1CCN(C2C(F)CNCC2NC(=O)C2C(N)NC3CCC(F)CNC2CC32CCCCC2)CC1. The lowest BCUT2D eigenvalue weighted by Gasteiger charge is -2.46. The molecule has 0 aromatic carbocycles. The molecule has 0 aromatic heterocycles. The summed E-state index contributed by atoms with van der Waals surface area (Å²) in [4.78, 5) is 34.0. The molecule has 5 saturated heterocycles. The highest BCUT2D eigenvalue weighted by atomic mass is 19.1. The van der Waals surface area contributed by atoms with Gasteiger partial charge in [-0.2, -0.15) is 0 Å². The zero-order valence-corrected chi connectivity index (χ0v) is 27.5. The molecule has 6 aliphatic rings. The van der Waals surface area contributed by atoms with Gasteiger partial charge in [-0.1, -0.05) is 19.3 Å². The van der Waals surface area contributed by atoms with E-state index in [-0.39, 0.29) is 48.4 Å². The fraction of sp³-hybridized carbons (Fsp3) is 0.939. The molecule has 5 heterocycles. The third-order valence-corrected chi connectivity index (χ3v) is 12.2. The van der Waals surface area contributed by atoms with Crippen molar-refractivity contribution in [2.24, 2.45) is 17.1 Å². The van der Waals surface area contributed by atoms with E-state index in [1.807, 2.05) is 4.90 Å². The van der Waals surface area contributed by atoms with Crippen LogP contribution in [-0.2, 0) is 9.59 Å². The number of nitrogens with zero attached hydrogens (tertiary/aromatic N) is 3. The van der Waals surface area contributed by atoms with Gasteiger partial charge < -0.3 is 26.6 Å². The number of halogens is 2. The van der Waals surface area contributed by atoms with Gasteiger partial charge in [0.25, 0.3) is 0 Å². The number of carbonyl (C=O) groups excluding carboxylic acids is 2. The van der Waals surface area contributed by atoms with Crippen LogP contribution in [0.2, 0.25) is 0 Å². The Labute approximate surface area is 268 Å². The van der Waals surface area contributed by atoms with Gasteiger partial charge in [0.15, 0.2) is 0 Å². The Bertz CT molecular complexity index is 1020. The number of piperazine rings is 1. The molecule has 6 rings (SSSR count). The van der Waals surface area contributed by atoms with Gasteiger partial charge in [0.1, 0.15) is 12.3 Å². The van der Waals surface area contributed by atoms with Crippen LogP contribution in [0.1, 0.15) is 78.1 Å². The van der Waals surface area contributed by atoms with Crippen molar-refractivity contribution in [3.8, 4) is 0 Å². The number of fused-ring (bicyclic) bond motifs is 1. The molecule has 6 N–H and O–H groups in total. The molecule has 45 heavy (non-hydrogen) atoms. The molecule has 9 unspecified atom stereocenters. The second-order valence-electron chi connectivity index (χ2n) is 15.2. The molecule has 0 aromatic rings. The van der Waals surface area contributed by atoms with E-state index in [9.17, 15) is 14.0 Å². The minimum Gasteiger partial charge on any atom is -0.350 e. The van der Waals surface area contributed by atoms with Crippen LogP contribution in [0.15, 0.2) is 0 Å². The van der Waals surface area contributed by atoms with Crippen molar-refractivity contribution in [2.45, 2.75) is 133 Å². The van der Waals surface area contributed by atoms with Crippen molar-refractivity contribution >= 4 is 11.8 Å². The van der Waals surface area contributed by atoms with Gasteiger partial charge in [0, 0.05) is 63.9 Å². The molecule has 0 radical (unpaired) electrons. The molecule has 9 atom stereocenters. The number of nitrogens with one attached hydrogen (secondary N) is 4. The number of hydrogen-bond acceptors (Lipinski definition) is 8. The van der Waals surface area contributed by atoms with E-state index in [0.29, 0.717) is 45.2 Å². The van der Waals surface area contributed by atoms with E-state index in [2.05, 4.69) is 44.9 Å². The zero-order valence-electron chi connectivity index (χ0n) is 27.5. The Balaban J connectivity index is 1.13. The van der Waals surface area contributed by atoms with Gasteiger partial charge in [0.2, 0.25) is 11.8 Å². The van der Waals surface area contributed by atoms with Crippen molar-refractivity contribution < 1.29 is 18.4 Å². The zero-order chi connectivity index (χ0) is 31.7. The summed E-state index contributed by atoms with van der Waals surface area (Å²) < 4.78 is 30.6. The number of alkyl halides is 2. The second kappa shape index (κ2) is 14.4. The van der Waals surface area contributed by atoms with E-state index in [1.165, 1.54) is 6.42 Å². The van der Waals surface area contributed by atoms with Crippen LogP contribution >= 0.6 is 0 Å². The number of carbonyl (C=O) groups is 2. The monoisotopic (exact) mass is 636 g/mol. The average Bonchev–Trinajstić information content (AvgIpc) is 3.50. The Morgan fingerprint density at radius 1 is 0.933 bits per heavy atom. The van der Waals surface area contributed by atoms with Crippen LogP contribution in [-0.4, -0.2) is 134 Å². The largest absolute Gasteiger partial charge is 0.350 e. The molecule has 2 amide bonds. The Kier molecular flexibility index (Phi) is 10.7. The number of amides is 2. The highest BCUT2D eigenvalue weighted by Gasteiger charge is 2.51. The van der Waals surface area contributed by atoms with Crippen LogP contribution < -0.4 is 27.0 Å². The van der Waals surface area contributed by atoms with Gasteiger partial charge in [-0.05, 0) is 70.8 Å². The van der Waals surface area contributed by atoms with Gasteiger partial charge in [-0.15, -0.1) is 0 Å². The minimum atomic E-state index is -1.15. The van der Waals surface area contributed by atoms with Crippen LogP contribution in [0.4, 0.5) is 8.78 Å². The lowest BCUT2D eigenvalue weighted by atomic mass is 9.64. The molecule has 1 saturated carbocycles. The molecular weight excluding hydrogens is 578 g/mol. The van der Waals surface area contributed by atoms with E-state index >= 15 is 4.39 Å². The lowest BCUT2D eigenvalue weighted by molar-refractivity contribution is -0.139. The van der Waals surface area contributed by atoms with Crippen molar-refractivity contribution in [2.75, 3.05) is 52.4 Å². The third-order valence-electron chi connectivity index (χ3n) is 12.2. The maximum atomic E-state index is 15.7. The van der Waals surface area contributed by atoms with E-state index in [0.717, 1.165) is 57.9 Å². The smallest absolute Gasteiger partial charge is 0.240 e. The van der Waals surface area contributed by atoms with Crippen LogP contribution in [0.25, 0.3) is 0 Å². The number of rotatable bonds is 5. The van der Waals surface area contributed by atoms with E-state index in [4.69, 9.17) is 5.73 Å². The maximum Gasteiger partial charge on any atom is 0.240 e. The molecule has 2 bridgehead atoms. The Hall–Kier alpha value is -1.44. The number of likely N-dealkylation sites (tertiary alicyclic amines) is 1. The standard InChI is InChI=1S/C33H58F2N8O2/c1-21(2)43-12-6-7-26(43)32(45)42-15-13-41(14-16-42)29-23(35)19-37-20-25(29)39-31(44)28-24-17-33(10-4-3-5-11-33)27(40-30(28)36)9-8-22(34)18-38-24/h21-30,37-38,40H,3-20,36H2,1-2H3,(H,39,44). The highest BCUT2D eigenvalue weighted by molar-refractivity contribution is 5.82.